The van der Waals surface area contributed by atoms with E-state index in [1.807, 2.05) is 6.26 Å². The van der Waals surface area contributed by atoms with Crippen molar-refractivity contribution in [1.29, 1.82) is 0 Å². The third-order valence-corrected chi connectivity index (χ3v) is 4.28. The summed E-state index contributed by atoms with van der Waals surface area (Å²) in [6, 6.07) is 1.72. The highest BCUT2D eigenvalue weighted by molar-refractivity contribution is 7.98. The van der Waals surface area contributed by atoms with E-state index in [1.165, 1.54) is 22.7 Å². The summed E-state index contributed by atoms with van der Waals surface area (Å²) in [7, 11) is 0. The van der Waals surface area contributed by atoms with E-state index >= 15 is 0 Å². The van der Waals surface area contributed by atoms with E-state index in [0.29, 0.717) is 17.0 Å². The molecule has 0 aromatic carbocycles. The molecule has 4 unspecified atom stereocenters. The lowest BCUT2D eigenvalue weighted by atomic mass is 10.1. The average molecular weight is 312 g/mol. The Morgan fingerprint density at radius 1 is 1.43 bits per heavy atom. The van der Waals surface area contributed by atoms with Gasteiger partial charge in [-0.3, -0.25) is 4.57 Å². The molecule has 4 atom stereocenters. The molecule has 0 spiro atoms. The normalized spacial score (nSPS) is 29.3. The number of nitrogen functional groups attached to an aromatic ring is 1. The van der Waals surface area contributed by atoms with Crippen molar-refractivity contribution < 1.29 is 20.1 Å². The first-order chi connectivity index (χ1) is 10.1. The van der Waals surface area contributed by atoms with Crippen molar-refractivity contribution in [3.05, 3.63) is 12.4 Å². The molecule has 1 aliphatic heterocycles. The molecular formula is C12H16N4O4S. The maximum Gasteiger partial charge on any atom is 0.165 e. The van der Waals surface area contributed by atoms with Gasteiger partial charge >= 0.3 is 0 Å². The van der Waals surface area contributed by atoms with Crippen LogP contribution < -0.4 is 5.73 Å². The lowest BCUT2D eigenvalue weighted by Gasteiger charge is -2.16. The standard InChI is InChI=1S/C12H16N4O4S/c1-21-6-2-7(13)15-11-8(6)14-4-16(11)12-10(19)9(18)5(3-17)20-12/h2,4-5,9-10,12,17-19H,3H2,1H3,(H2,13,15). The number of pyridine rings is 1. The number of aliphatic hydroxyl groups excluding tert-OH is 3. The Hall–Kier alpha value is -1.39. The molecule has 21 heavy (non-hydrogen) atoms. The molecule has 0 aliphatic carbocycles. The van der Waals surface area contributed by atoms with Crippen molar-refractivity contribution in [3.63, 3.8) is 0 Å². The molecule has 0 bridgehead atoms. The second-order valence-electron chi connectivity index (χ2n) is 4.80. The number of imidazole rings is 1. The second-order valence-corrected chi connectivity index (χ2v) is 5.65. The monoisotopic (exact) mass is 312 g/mol. The van der Waals surface area contributed by atoms with Gasteiger partial charge in [-0.2, -0.15) is 0 Å². The zero-order valence-electron chi connectivity index (χ0n) is 11.2. The highest BCUT2D eigenvalue weighted by atomic mass is 32.2. The van der Waals surface area contributed by atoms with Gasteiger partial charge in [-0.05, 0) is 12.3 Å². The molecule has 0 radical (unpaired) electrons. The number of nitrogens with two attached hydrogens (primary N) is 1. The first kappa shape index (κ1) is 14.5. The highest BCUT2D eigenvalue weighted by Gasteiger charge is 2.43. The number of nitrogens with zero attached hydrogens (tertiary/aromatic N) is 3. The van der Waals surface area contributed by atoms with E-state index in [9.17, 15) is 10.2 Å². The summed E-state index contributed by atoms with van der Waals surface area (Å²) in [5.74, 6) is 0.334. The molecule has 3 heterocycles. The van der Waals surface area contributed by atoms with Gasteiger partial charge in [0.1, 0.15) is 29.6 Å². The predicted molar refractivity (Wildman–Crippen MR) is 76.7 cm³/mol. The minimum atomic E-state index is -1.18. The van der Waals surface area contributed by atoms with Gasteiger partial charge in [-0.1, -0.05) is 0 Å². The van der Waals surface area contributed by atoms with Crippen molar-refractivity contribution in [2.75, 3.05) is 18.6 Å². The lowest BCUT2D eigenvalue weighted by molar-refractivity contribution is -0.0511. The van der Waals surface area contributed by atoms with Crippen molar-refractivity contribution in [1.82, 2.24) is 14.5 Å². The van der Waals surface area contributed by atoms with Gasteiger partial charge in [0.2, 0.25) is 0 Å². The SMILES string of the molecule is CSc1cc(N)nc2c1ncn2C1OC(CO)C(O)C1O. The molecule has 1 fully saturated rings. The van der Waals surface area contributed by atoms with Crippen LogP contribution in [0, 0.1) is 0 Å². The van der Waals surface area contributed by atoms with E-state index in [-0.39, 0.29) is 6.61 Å². The van der Waals surface area contributed by atoms with Gasteiger partial charge in [0, 0.05) is 4.90 Å². The Bertz CT molecular complexity index is 664. The number of aliphatic hydroxyl groups is 3. The fraction of sp³-hybridized carbons (Fsp3) is 0.500. The number of hydrogen-bond donors (Lipinski definition) is 4. The van der Waals surface area contributed by atoms with E-state index in [1.54, 1.807) is 6.07 Å². The molecule has 3 rings (SSSR count). The molecule has 114 valence electrons. The van der Waals surface area contributed by atoms with Crippen LogP contribution in [0.4, 0.5) is 5.82 Å². The van der Waals surface area contributed by atoms with Gasteiger partial charge in [0.25, 0.3) is 0 Å². The van der Waals surface area contributed by atoms with Crippen LogP contribution in [0.25, 0.3) is 11.2 Å². The number of aromatic nitrogens is 3. The molecule has 1 saturated heterocycles. The summed E-state index contributed by atoms with van der Waals surface area (Å²) in [6.45, 7) is -0.382. The Morgan fingerprint density at radius 3 is 2.81 bits per heavy atom. The zero-order chi connectivity index (χ0) is 15.1. The minimum absolute atomic E-state index is 0.334. The van der Waals surface area contributed by atoms with Crippen molar-refractivity contribution in [3.8, 4) is 0 Å². The lowest BCUT2D eigenvalue weighted by Crippen LogP contribution is -2.33. The van der Waals surface area contributed by atoms with Crippen molar-refractivity contribution in [2.45, 2.75) is 29.4 Å². The summed E-state index contributed by atoms with van der Waals surface area (Å²) in [4.78, 5) is 9.37. The van der Waals surface area contributed by atoms with Crippen LogP contribution in [0.2, 0.25) is 0 Å². The summed E-state index contributed by atoms with van der Waals surface area (Å²) in [5.41, 5.74) is 6.90. The molecular weight excluding hydrogens is 296 g/mol. The number of ether oxygens (including phenoxy) is 1. The summed E-state index contributed by atoms with van der Waals surface area (Å²) >= 11 is 1.49. The van der Waals surface area contributed by atoms with Crippen molar-refractivity contribution in [2.24, 2.45) is 0 Å². The van der Waals surface area contributed by atoms with Crippen molar-refractivity contribution >= 4 is 28.7 Å². The van der Waals surface area contributed by atoms with Crippen LogP contribution in [0.5, 0.6) is 0 Å². The Kier molecular flexibility index (Phi) is 3.76. The predicted octanol–water partition coefficient (Wildman–Crippen LogP) is -0.653. The van der Waals surface area contributed by atoms with Crippen LogP contribution in [-0.2, 0) is 4.74 Å². The first-order valence-corrected chi connectivity index (χ1v) is 7.58. The number of thioether (sulfide) groups is 1. The van der Waals surface area contributed by atoms with Crippen LogP contribution >= 0.6 is 11.8 Å². The highest BCUT2D eigenvalue weighted by Crippen LogP contribution is 2.33. The first-order valence-electron chi connectivity index (χ1n) is 6.36. The van der Waals surface area contributed by atoms with Gasteiger partial charge < -0.3 is 25.8 Å². The fourth-order valence-electron chi connectivity index (χ4n) is 2.45. The number of fused-ring (bicyclic) bond motifs is 1. The number of anilines is 1. The second kappa shape index (κ2) is 5.43. The Labute approximate surface area is 124 Å². The van der Waals surface area contributed by atoms with Gasteiger partial charge in [0.15, 0.2) is 11.9 Å². The van der Waals surface area contributed by atoms with E-state index in [4.69, 9.17) is 15.6 Å². The average Bonchev–Trinajstić information content (AvgIpc) is 3.01. The van der Waals surface area contributed by atoms with E-state index < -0.39 is 24.5 Å². The maximum absolute atomic E-state index is 10.1. The Balaban J connectivity index is 2.07. The summed E-state index contributed by atoms with van der Waals surface area (Å²) in [6.07, 6.45) is -0.676. The largest absolute Gasteiger partial charge is 0.394 e. The van der Waals surface area contributed by atoms with Gasteiger partial charge in [-0.15, -0.1) is 11.8 Å². The van der Waals surface area contributed by atoms with Crippen LogP contribution in [0.3, 0.4) is 0 Å². The van der Waals surface area contributed by atoms with E-state index in [2.05, 4.69) is 9.97 Å². The molecule has 8 nitrogen and oxygen atoms in total. The molecule has 0 saturated carbocycles. The zero-order valence-corrected chi connectivity index (χ0v) is 12.1. The van der Waals surface area contributed by atoms with Gasteiger partial charge in [-0.25, -0.2) is 9.97 Å². The quantitative estimate of drug-likeness (QED) is 0.551. The molecule has 0 amide bonds. The van der Waals surface area contributed by atoms with E-state index in [0.717, 1.165) is 4.90 Å². The maximum atomic E-state index is 10.1. The van der Waals surface area contributed by atoms with Crippen LogP contribution in [0.15, 0.2) is 17.3 Å². The molecule has 2 aromatic rings. The molecule has 1 aliphatic rings. The smallest absolute Gasteiger partial charge is 0.165 e. The Morgan fingerprint density at radius 2 is 2.19 bits per heavy atom. The number of hydrogen-bond acceptors (Lipinski definition) is 8. The third-order valence-electron chi connectivity index (χ3n) is 3.53. The molecule has 2 aromatic heterocycles. The summed E-state index contributed by atoms with van der Waals surface area (Å²) in [5, 5.41) is 29.1. The van der Waals surface area contributed by atoms with Crippen LogP contribution in [-0.4, -0.2) is 61.0 Å². The minimum Gasteiger partial charge on any atom is -0.394 e. The topological polar surface area (TPSA) is 127 Å². The number of rotatable bonds is 3. The summed E-state index contributed by atoms with van der Waals surface area (Å²) < 4.78 is 7.01. The van der Waals surface area contributed by atoms with Crippen LogP contribution in [0.1, 0.15) is 6.23 Å². The molecule has 5 N–H and O–H groups in total. The third kappa shape index (κ3) is 2.27. The fourth-order valence-corrected chi connectivity index (χ4v) is 3.02. The van der Waals surface area contributed by atoms with Gasteiger partial charge in [0.05, 0.1) is 12.9 Å². The molecule has 9 heteroatoms.